The Balaban J connectivity index is 1.84. The number of aliphatic hydroxyl groups is 1. The van der Waals surface area contributed by atoms with Crippen molar-refractivity contribution in [2.45, 2.75) is 32.0 Å². The highest BCUT2D eigenvalue weighted by atomic mass is 35.5. The maximum absolute atomic E-state index is 9.82. The Morgan fingerprint density at radius 2 is 2.33 bits per heavy atom. The minimum atomic E-state index is -0.844. The third-order valence-electron chi connectivity index (χ3n) is 4.29. The fourth-order valence-electron chi connectivity index (χ4n) is 3.38. The first-order valence-electron chi connectivity index (χ1n) is 7.74. The summed E-state index contributed by atoms with van der Waals surface area (Å²) in [6, 6.07) is 9.78. The molecule has 2 atom stereocenters. The maximum Gasteiger partial charge on any atom is 0.218 e. The van der Waals surface area contributed by atoms with Crippen LogP contribution in [0.25, 0.3) is 0 Å². The summed E-state index contributed by atoms with van der Waals surface area (Å²) in [5.41, 5.74) is 1.21. The number of rotatable bonds is 2. The van der Waals surface area contributed by atoms with Gasteiger partial charge < -0.3 is 9.84 Å². The van der Waals surface area contributed by atoms with E-state index in [-0.39, 0.29) is 11.8 Å². The van der Waals surface area contributed by atoms with Gasteiger partial charge in [0.15, 0.2) is 0 Å². The molecule has 0 radical (unpaired) electrons. The molecule has 2 aliphatic rings. The van der Waals surface area contributed by atoms with Crippen molar-refractivity contribution in [2.24, 2.45) is 5.10 Å². The molecule has 1 N–H and O–H groups in total. The van der Waals surface area contributed by atoms with Gasteiger partial charge in [0.1, 0.15) is 5.75 Å². The molecule has 1 aromatic carbocycles. The molecule has 6 heteroatoms. The summed E-state index contributed by atoms with van der Waals surface area (Å²) in [6.45, 7) is 3.55. The van der Waals surface area contributed by atoms with Gasteiger partial charge in [-0.2, -0.15) is 5.10 Å². The summed E-state index contributed by atoms with van der Waals surface area (Å²) in [4.78, 5) is 1.15. The molecule has 0 amide bonds. The van der Waals surface area contributed by atoms with Crippen LogP contribution in [0, 0.1) is 0 Å². The molecule has 2 aromatic rings. The highest BCUT2D eigenvalue weighted by Crippen LogP contribution is 2.48. The number of ether oxygens (including phenoxy) is 1. The SMILES string of the molecule is C/C(O)=C\[C@]1(C)Oc2ccc(Cl)cc2[C@H]2CC(c3cccs3)=NN21. The van der Waals surface area contributed by atoms with Gasteiger partial charge in [-0.3, -0.25) is 0 Å². The van der Waals surface area contributed by atoms with Gasteiger partial charge in [-0.15, -0.1) is 11.3 Å². The number of halogens is 1. The molecule has 124 valence electrons. The molecule has 4 nitrogen and oxygen atoms in total. The highest BCUT2D eigenvalue weighted by molar-refractivity contribution is 7.12. The molecule has 24 heavy (non-hydrogen) atoms. The van der Waals surface area contributed by atoms with Gasteiger partial charge in [0.2, 0.25) is 5.72 Å². The van der Waals surface area contributed by atoms with Crippen LogP contribution in [0.15, 0.2) is 52.6 Å². The molecule has 2 aliphatic heterocycles. The average molecular weight is 361 g/mol. The predicted octanol–water partition coefficient (Wildman–Crippen LogP) is 5.12. The fourth-order valence-corrected chi connectivity index (χ4v) is 4.28. The maximum atomic E-state index is 9.82. The number of nitrogens with zero attached hydrogens (tertiary/aromatic N) is 2. The van der Waals surface area contributed by atoms with E-state index >= 15 is 0 Å². The Morgan fingerprint density at radius 3 is 3.04 bits per heavy atom. The van der Waals surface area contributed by atoms with Gasteiger partial charge in [-0.05, 0) is 36.6 Å². The monoisotopic (exact) mass is 360 g/mol. The van der Waals surface area contributed by atoms with E-state index in [1.54, 1.807) is 24.3 Å². The third-order valence-corrected chi connectivity index (χ3v) is 5.45. The van der Waals surface area contributed by atoms with Gasteiger partial charge >= 0.3 is 0 Å². The van der Waals surface area contributed by atoms with Crippen LogP contribution < -0.4 is 4.74 Å². The molecule has 0 bridgehead atoms. The van der Waals surface area contributed by atoms with Crippen LogP contribution in [0.4, 0.5) is 0 Å². The smallest absolute Gasteiger partial charge is 0.218 e. The minimum Gasteiger partial charge on any atom is -0.513 e. The lowest BCUT2D eigenvalue weighted by atomic mass is 9.96. The van der Waals surface area contributed by atoms with E-state index < -0.39 is 5.72 Å². The minimum absolute atomic E-state index is 0.0325. The van der Waals surface area contributed by atoms with Crippen molar-refractivity contribution in [1.82, 2.24) is 5.01 Å². The predicted molar refractivity (Wildman–Crippen MR) is 96.9 cm³/mol. The summed E-state index contributed by atoms with van der Waals surface area (Å²) < 4.78 is 6.19. The van der Waals surface area contributed by atoms with Crippen molar-refractivity contribution in [2.75, 3.05) is 0 Å². The zero-order valence-electron chi connectivity index (χ0n) is 13.4. The third kappa shape index (κ3) is 2.48. The summed E-state index contributed by atoms with van der Waals surface area (Å²) >= 11 is 7.87. The Bertz CT molecular complexity index is 843. The molecule has 0 saturated heterocycles. The normalized spacial score (nSPS) is 25.8. The van der Waals surface area contributed by atoms with Gasteiger partial charge in [0.05, 0.1) is 22.4 Å². The Hall–Kier alpha value is -1.98. The van der Waals surface area contributed by atoms with E-state index in [1.165, 1.54) is 0 Å². The summed E-state index contributed by atoms with van der Waals surface area (Å²) in [5, 5.41) is 19.3. The Morgan fingerprint density at radius 1 is 1.50 bits per heavy atom. The Labute approximate surface area is 149 Å². The molecule has 0 unspecified atom stereocenters. The van der Waals surface area contributed by atoms with E-state index in [0.717, 1.165) is 28.3 Å². The fraction of sp³-hybridized carbons (Fsp3) is 0.278. The largest absolute Gasteiger partial charge is 0.513 e. The van der Waals surface area contributed by atoms with Crippen LogP contribution in [-0.4, -0.2) is 21.6 Å². The number of thiophene rings is 1. The number of aliphatic hydroxyl groups excluding tert-OH is 1. The lowest BCUT2D eigenvalue weighted by molar-refractivity contribution is -0.0697. The summed E-state index contributed by atoms with van der Waals surface area (Å²) in [7, 11) is 0. The average Bonchev–Trinajstić information content (AvgIpc) is 3.16. The van der Waals surface area contributed by atoms with E-state index in [1.807, 2.05) is 41.6 Å². The molecule has 4 rings (SSSR count). The van der Waals surface area contributed by atoms with Crippen molar-refractivity contribution in [1.29, 1.82) is 0 Å². The second-order valence-corrected chi connectivity index (χ2v) is 7.60. The van der Waals surface area contributed by atoms with Gasteiger partial charge in [0, 0.05) is 30.0 Å². The van der Waals surface area contributed by atoms with Crippen LogP contribution in [0.3, 0.4) is 0 Å². The second-order valence-electron chi connectivity index (χ2n) is 6.21. The lowest BCUT2D eigenvalue weighted by Crippen LogP contribution is -2.50. The number of hydrogen-bond donors (Lipinski definition) is 1. The van der Waals surface area contributed by atoms with Crippen LogP contribution in [0.5, 0.6) is 5.75 Å². The standard InChI is InChI=1S/C18H17ClN2O2S/c1-11(22)10-18(2)21-15(9-14(20-21)17-4-3-7-24-17)13-8-12(19)5-6-16(13)23-18/h3-8,10,15,22H,9H2,1-2H3/b11-10+/t15-,18+/m1/s1. The number of hydrazone groups is 1. The highest BCUT2D eigenvalue weighted by Gasteiger charge is 2.47. The molecular formula is C18H17ClN2O2S. The number of allylic oxidation sites excluding steroid dienone is 1. The Kier molecular flexibility index (Phi) is 3.58. The van der Waals surface area contributed by atoms with Crippen LogP contribution >= 0.6 is 22.9 Å². The number of benzene rings is 1. The van der Waals surface area contributed by atoms with E-state index in [2.05, 4.69) is 6.07 Å². The molecule has 0 saturated carbocycles. The summed E-state index contributed by atoms with van der Waals surface area (Å²) in [5.74, 6) is 0.983. The van der Waals surface area contributed by atoms with Crippen molar-refractivity contribution < 1.29 is 9.84 Å². The van der Waals surface area contributed by atoms with E-state index in [9.17, 15) is 5.11 Å². The molecule has 0 aliphatic carbocycles. The molecule has 0 fully saturated rings. The zero-order chi connectivity index (χ0) is 16.9. The molecule has 0 spiro atoms. The van der Waals surface area contributed by atoms with Crippen LogP contribution in [-0.2, 0) is 0 Å². The van der Waals surface area contributed by atoms with Crippen LogP contribution in [0.2, 0.25) is 5.02 Å². The number of hydrogen-bond acceptors (Lipinski definition) is 5. The molecule has 3 heterocycles. The number of fused-ring (bicyclic) bond motifs is 3. The zero-order valence-corrected chi connectivity index (χ0v) is 14.9. The van der Waals surface area contributed by atoms with Crippen molar-refractivity contribution >= 4 is 28.6 Å². The van der Waals surface area contributed by atoms with E-state index in [4.69, 9.17) is 21.4 Å². The van der Waals surface area contributed by atoms with Crippen LogP contribution in [0.1, 0.15) is 36.8 Å². The van der Waals surface area contributed by atoms with Crippen molar-refractivity contribution in [3.8, 4) is 5.75 Å². The van der Waals surface area contributed by atoms with Gasteiger partial charge in [0.25, 0.3) is 0 Å². The van der Waals surface area contributed by atoms with Crippen molar-refractivity contribution in [3.05, 3.63) is 63.0 Å². The first kappa shape index (κ1) is 15.5. The first-order valence-corrected chi connectivity index (χ1v) is 8.99. The van der Waals surface area contributed by atoms with Gasteiger partial charge in [-0.1, -0.05) is 17.7 Å². The van der Waals surface area contributed by atoms with Crippen molar-refractivity contribution in [3.63, 3.8) is 0 Å². The molecular weight excluding hydrogens is 344 g/mol. The topological polar surface area (TPSA) is 45.1 Å². The van der Waals surface area contributed by atoms with E-state index in [0.29, 0.717) is 5.02 Å². The summed E-state index contributed by atoms with van der Waals surface area (Å²) in [6.07, 6.45) is 2.48. The quantitative estimate of drug-likeness (QED) is 0.756. The lowest BCUT2D eigenvalue weighted by Gasteiger charge is -2.44. The van der Waals surface area contributed by atoms with Gasteiger partial charge in [-0.25, -0.2) is 5.01 Å². The molecule has 1 aromatic heterocycles. The second kappa shape index (κ2) is 5.53. The first-order chi connectivity index (χ1) is 11.5.